The lowest BCUT2D eigenvalue weighted by Crippen LogP contribution is -2.54. The van der Waals surface area contributed by atoms with Crippen LogP contribution in [0.1, 0.15) is 58.2 Å². The monoisotopic (exact) mass is 525 g/mol. The first kappa shape index (κ1) is 29.0. The Morgan fingerprint density at radius 1 is 1.08 bits per heavy atom. The van der Waals surface area contributed by atoms with Crippen molar-refractivity contribution in [3.8, 4) is 5.75 Å². The molecule has 0 radical (unpaired) electrons. The zero-order valence-corrected chi connectivity index (χ0v) is 23.0. The van der Waals surface area contributed by atoms with Gasteiger partial charge < -0.3 is 30.1 Å². The van der Waals surface area contributed by atoms with Gasteiger partial charge in [-0.15, -0.1) is 0 Å². The first-order chi connectivity index (χ1) is 18.0. The molecule has 38 heavy (non-hydrogen) atoms. The lowest BCUT2D eigenvalue weighted by Gasteiger charge is -2.34. The molecule has 0 saturated heterocycles. The van der Waals surface area contributed by atoms with E-state index in [0.29, 0.717) is 23.4 Å². The number of carbonyl (C=O) groups is 3. The molecule has 0 aliphatic heterocycles. The molecule has 1 fully saturated rings. The van der Waals surface area contributed by atoms with Crippen molar-refractivity contribution in [2.75, 3.05) is 19.0 Å². The Bertz CT molecular complexity index is 1110. The van der Waals surface area contributed by atoms with Gasteiger partial charge in [0.1, 0.15) is 23.4 Å². The van der Waals surface area contributed by atoms with E-state index in [4.69, 9.17) is 9.47 Å². The predicted molar refractivity (Wildman–Crippen MR) is 145 cm³/mol. The van der Waals surface area contributed by atoms with Crippen LogP contribution in [0.2, 0.25) is 0 Å². The number of aliphatic hydroxyl groups excluding tert-OH is 1. The third-order valence-electron chi connectivity index (χ3n) is 6.44. The molecule has 2 aromatic carbocycles. The van der Waals surface area contributed by atoms with E-state index in [2.05, 4.69) is 10.6 Å². The van der Waals surface area contributed by atoms with E-state index < -0.39 is 42.2 Å². The van der Waals surface area contributed by atoms with E-state index in [1.807, 2.05) is 38.1 Å². The summed E-state index contributed by atoms with van der Waals surface area (Å²) in [6, 6.07) is 12.0. The minimum Gasteiger partial charge on any atom is -0.497 e. The maximum Gasteiger partial charge on any atom is 0.408 e. The number of hydrogen-bond donors (Lipinski definition) is 3. The minimum absolute atomic E-state index is 0.158. The second-order valence-corrected chi connectivity index (χ2v) is 10.6. The number of methoxy groups -OCH3 is 1. The number of aliphatic hydroxyl groups is 1. The molecule has 4 atom stereocenters. The summed E-state index contributed by atoms with van der Waals surface area (Å²) in [6.07, 6.45) is 0.716. The largest absolute Gasteiger partial charge is 0.497 e. The summed E-state index contributed by atoms with van der Waals surface area (Å²) in [5, 5.41) is 15.5. The molecule has 0 aromatic heterocycles. The number of rotatable bonds is 10. The van der Waals surface area contributed by atoms with Crippen molar-refractivity contribution in [2.24, 2.45) is 5.92 Å². The number of ether oxygens (including phenoxy) is 2. The molecule has 3 N–H and O–H groups in total. The number of aryl methyl sites for hydroxylation is 1. The van der Waals surface area contributed by atoms with Crippen molar-refractivity contribution in [2.45, 2.75) is 71.2 Å². The number of nitrogens with zero attached hydrogens (tertiary/aromatic N) is 1. The summed E-state index contributed by atoms with van der Waals surface area (Å²) in [4.78, 5) is 41.6. The Labute approximate surface area is 224 Å². The van der Waals surface area contributed by atoms with Crippen LogP contribution in [0.25, 0.3) is 0 Å². The number of benzene rings is 2. The van der Waals surface area contributed by atoms with Gasteiger partial charge in [-0.1, -0.05) is 38.1 Å². The van der Waals surface area contributed by atoms with Crippen molar-refractivity contribution in [3.05, 3.63) is 59.7 Å². The SMILES string of the molecule is CCc1ccc(C(C(=O)Nc2ccc(OC)cc2)N(C(=O)C(CO)NC(=O)OC(C)(C)C)C2CC2C)cc1. The number of anilines is 1. The summed E-state index contributed by atoms with van der Waals surface area (Å²) >= 11 is 0. The summed E-state index contributed by atoms with van der Waals surface area (Å²) < 4.78 is 10.5. The fourth-order valence-corrected chi connectivity index (χ4v) is 4.25. The van der Waals surface area contributed by atoms with Gasteiger partial charge >= 0.3 is 6.09 Å². The Morgan fingerprint density at radius 2 is 1.68 bits per heavy atom. The van der Waals surface area contributed by atoms with Crippen LogP contribution < -0.4 is 15.4 Å². The number of hydrogen-bond acceptors (Lipinski definition) is 6. The molecular weight excluding hydrogens is 486 g/mol. The zero-order valence-electron chi connectivity index (χ0n) is 23.0. The van der Waals surface area contributed by atoms with Crippen LogP contribution in [0.3, 0.4) is 0 Å². The van der Waals surface area contributed by atoms with E-state index in [-0.39, 0.29) is 12.0 Å². The standard InChI is InChI=1S/C29H39N3O6/c1-7-19-8-10-20(11-9-19)25(26(34)30-21-12-14-22(37-6)15-13-21)32(24-16-18(24)2)27(35)23(17-33)31-28(36)38-29(3,4)5/h8-15,18,23-25,33H,7,16-17H2,1-6H3,(H,30,34)(H,31,36). The van der Waals surface area contributed by atoms with Crippen LogP contribution in [-0.2, 0) is 20.7 Å². The van der Waals surface area contributed by atoms with Crippen LogP contribution in [0.4, 0.5) is 10.5 Å². The van der Waals surface area contributed by atoms with E-state index in [0.717, 1.165) is 12.0 Å². The molecule has 3 rings (SSSR count). The molecule has 9 nitrogen and oxygen atoms in total. The Hall–Kier alpha value is -3.59. The van der Waals surface area contributed by atoms with E-state index in [1.54, 1.807) is 52.1 Å². The maximum atomic E-state index is 13.9. The Kier molecular flexibility index (Phi) is 9.38. The lowest BCUT2D eigenvalue weighted by atomic mass is 10.00. The highest BCUT2D eigenvalue weighted by atomic mass is 16.6. The minimum atomic E-state index is -1.27. The third kappa shape index (κ3) is 7.47. The van der Waals surface area contributed by atoms with Crippen LogP contribution in [0.5, 0.6) is 5.75 Å². The summed E-state index contributed by atoms with van der Waals surface area (Å²) in [5.74, 6) is -0.147. The molecular formula is C29H39N3O6. The normalized spacial score (nSPS) is 18.1. The van der Waals surface area contributed by atoms with Crippen LogP contribution in [0, 0.1) is 5.92 Å². The third-order valence-corrected chi connectivity index (χ3v) is 6.44. The van der Waals surface area contributed by atoms with Gasteiger partial charge in [0.05, 0.1) is 13.7 Å². The Morgan fingerprint density at radius 3 is 2.16 bits per heavy atom. The predicted octanol–water partition coefficient (Wildman–Crippen LogP) is 4.06. The highest BCUT2D eigenvalue weighted by Crippen LogP contribution is 2.41. The van der Waals surface area contributed by atoms with Crippen LogP contribution >= 0.6 is 0 Å². The average molecular weight is 526 g/mol. The fourth-order valence-electron chi connectivity index (χ4n) is 4.25. The molecule has 1 aliphatic carbocycles. The fraction of sp³-hybridized carbons (Fsp3) is 0.483. The molecule has 0 heterocycles. The van der Waals surface area contributed by atoms with Crippen molar-refractivity contribution >= 4 is 23.6 Å². The van der Waals surface area contributed by atoms with Crippen LogP contribution in [0.15, 0.2) is 48.5 Å². The second-order valence-electron chi connectivity index (χ2n) is 10.6. The summed E-state index contributed by atoms with van der Waals surface area (Å²) in [7, 11) is 1.56. The van der Waals surface area contributed by atoms with Gasteiger partial charge in [-0.2, -0.15) is 0 Å². The molecule has 1 aliphatic rings. The topological polar surface area (TPSA) is 117 Å². The van der Waals surface area contributed by atoms with Gasteiger partial charge in [-0.3, -0.25) is 9.59 Å². The first-order valence-electron chi connectivity index (χ1n) is 12.9. The van der Waals surface area contributed by atoms with Crippen molar-refractivity contribution < 1.29 is 29.0 Å². The summed E-state index contributed by atoms with van der Waals surface area (Å²) in [5.41, 5.74) is 1.50. The van der Waals surface area contributed by atoms with Gasteiger partial charge in [0.15, 0.2) is 0 Å². The van der Waals surface area contributed by atoms with E-state index in [1.165, 1.54) is 4.90 Å². The quantitative estimate of drug-likeness (QED) is 0.431. The van der Waals surface area contributed by atoms with Gasteiger partial charge in [0, 0.05) is 11.7 Å². The molecule has 3 amide bonds. The number of nitrogens with one attached hydrogen (secondary N) is 2. The van der Waals surface area contributed by atoms with Gasteiger partial charge in [0.2, 0.25) is 5.91 Å². The smallest absolute Gasteiger partial charge is 0.408 e. The zero-order chi connectivity index (χ0) is 28.0. The highest BCUT2D eigenvalue weighted by molar-refractivity contribution is 5.99. The van der Waals surface area contributed by atoms with Crippen molar-refractivity contribution in [1.29, 1.82) is 0 Å². The van der Waals surface area contributed by atoms with E-state index in [9.17, 15) is 19.5 Å². The molecule has 0 spiro atoms. The molecule has 206 valence electrons. The van der Waals surface area contributed by atoms with Crippen molar-refractivity contribution in [1.82, 2.24) is 10.2 Å². The summed E-state index contributed by atoms with van der Waals surface area (Å²) in [6.45, 7) is 8.52. The molecule has 9 heteroatoms. The first-order valence-corrected chi connectivity index (χ1v) is 12.9. The molecule has 4 unspecified atom stereocenters. The number of carbonyl (C=O) groups excluding carboxylic acids is 3. The number of alkyl carbamates (subject to hydrolysis) is 1. The van der Waals surface area contributed by atoms with Gasteiger partial charge in [-0.25, -0.2) is 4.79 Å². The Balaban J connectivity index is 1.97. The highest BCUT2D eigenvalue weighted by Gasteiger charge is 2.48. The van der Waals surface area contributed by atoms with Crippen molar-refractivity contribution in [3.63, 3.8) is 0 Å². The van der Waals surface area contributed by atoms with Gasteiger partial charge in [0.25, 0.3) is 5.91 Å². The van der Waals surface area contributed by atoms with E-state index >= 15 is 0 Å². The molecule has 2 aromatic rings. The lowest BCUT2D eigenvalue weighted by molar-refractivity contribution is -0.142. The maximum absolute atomic E-state index is 13.9. The number of amides is 3. The molecule has 1 saturated carbocycles. The van der Waals surface area contributed by atoms with Gasteiger partial charge in [-0.05, 0) is 74.9 Å². The second kappa shape index (κ2) is 12.3. The average Bonchev–Trinajstić information content (AvgIpc) is 3.60. The van der Waals surface area contributed by atoms with Crippen LogP contribution in [-0.4, -0.2) is 59.3 Å². The molecule has 0 bridgehead atoms.